The molecule has 1 aliphatic carbocycles. The molecular weight excluding hydrogens is 388 g/mol. The highest BCUT2D eigenvalue weighted by atomic mass is 79.9. The summed E-state index contributed by atoms with van der Waals surface area (Å²) >= 11 is 7.44. The zero-order chi connectivity index (χ0) is 15.0. The van der Waals surface area contributed by atoms with Gasteiger partial charge < -0.3 is 0 Å². The first-order valence-corrected chi connectivity index (χ1v) is 8.54. The highest BCUT2D eigenvalue weighted by Crippen LogP contribution is 2.56. The molecule has 0 heterocycles. The fourth-order valence-electron chi connectivity index (χ4n) is 3.51. The van der Waals surface area contributed by atoms with Crippen LogP contribution in [0.25, 0.3) is 11.1 Å². The molecule has 0 radical (unpaired) electrons. The Morgan fingerprint density at radius 2 is 1.57 bits per heavy atom. The molecule has 21 heavy (non-hydrogen) atoms. The minimum atomic E-state index is -0.0714. The number of allylic oxidation sites excluding steroid dienone is 2. The molecule has 0 unspecified atom stereocenters. The van der Waals surface area contributed by atoms with Crippen molar-refractivity contribution in [3.05, 3.63) is 81.8 Å². The van der Waals surface area contributed by atoms with Gasteiger partial charge in [-0.3, -0.25) is 0 Å². The van der Waals surface area contributed by atoms with Crippen molar-refractivity contribution >= 4 is 31.9 Å². The van der Waals surface area contributed by atoms with Crippen LogP contribution in [0.15, 0.2) is 70.7 Å². The van der Waals surface area contributed by atoms with Crippen LogP contribution in [-0.2, 0) is 5.41 Å². The molecule has 2 aromatic carbocycles. The summed E-state index contributed by atoms with van der Waals surface area (Å²) in [6.45, 7) is 7.98. The average molecular weight is 404 g/mol. The second kappa shape index (κ2) is 5.58. The Morgan fingerprint density at radius 3 is 2.24 bits per heavy atom. The van der Waals surface area contributed by atoms with E-state index in [4.69, 9.17) is 0 Å². The Morgan fingerprint density at radius 1 is 0.905 bits per heavy atom. The lowest BCUT2D eigenvalue weighted by atomic mass is 9.73. The zero-order valence-corrected chi connectivity index (χ0v) is 14.9. The van der Waals surface area contributed by atoms with Gasteiger partial charge >= 0.3 is 0 Å². The van der Waals surface area contributed by atoms with E-state index in [-0.39, 0.29) is 5.41 Å². The summed E-state index contributed by atoms with van der Waals surface area (Å²) in [6.07, 6.45) is 5.83. The van der Waals surface area contributed by atoms with Crippen molar-refractivity contribution in [2.75, 3.05) is 0 Å². The van der Waals surface area contributed by atoms with Gasteiger partial charge in [0, 0.05) is 14.4 Å². The Labute approximate surface area is 142 Å². The van der Waals surface area contributed by atoms with Gasteiger partial charge in [-0.2, -0.15) is 0 Å². The molecule has 0 saturated heterocycles. The van der Waals surface area contributed by atoms with Crippen LogP contribution in [0.2, 0.25) is 0 Å². The fourth-order valence-corrected chi connectivity index (χ4v) is 4.57. The fraction of sp³-hybridized carbons (Fsp3) is 0.158. The largest absolute Gasteiger partial charge is 0.103 e. The Hall–Kier alpha value is -1.12. The Balaban J connectivity index is 2.42. The molecule has 0 atom stereocenters. The van der Waals surface area contributed by atoms with E-state index in [2.05, 4.69) is 81.4 Å². The number of hydrogen-bond donors (Lipinski definition) is 0. The maximum absolute atomic E-state index is 3.99. The quantitative estimate of drug-likeness (QED) is 0.502. The van der Waals surface area contributed by atoms with E-state index in [1.54, 1.807) is 0 Å². The van der Waals surface area contributed by atoms with Gasteiger partial charge in [0.1, 0.15) is 0 Å². The van der Waals surface area contributed by atoms with Crippen LogP contribution in [0.4, 0.5) is 0 Å². The van der Waals surface area contributed by atoms with E-state index in [0.29, 0.717) is 0 Å². The minimum Gasteiger partial charge on any atom is -0.103 e. The first kappa shape index (κ1) is 14.8. The standard InChI is InChI=1S/C19H16Br2/c1-3-11-19(12-4-2)15-8-6-5-7-13(15)14-9-10-16(20)18(21)17(14)19/h3-10H,1-2,11-12H2. The number of benzene rings is 2. The maximum atomic E-state index is 3.99. The van der Waals surface area contributed by atoms with Crippen LogP contribution < -0.4 is 0 Å². The van der Waals surface area contributed by atoms with Crippen molar-refractivity contribution in [3.63, 3.8) is 0 Å². The van der Waals surface area contributed by atoms with Gasteiger partial charge in [-0.25, -0.2) is 0 Å². The summed E-state index contributed by atoms with van der Waals surface area (Å²) in [7, 11) is 0. The molecule has 0 bridgehead atoms. The van der Waals surface area contributed by atoms with Crippen molar-refractivity contribution in [2.24, 2.45) is 0 Å². The smallest absolute Gasteiger partial charge is 0.0364 e. The normalized spacial score (nSPS) is 14.4. The summed E-state index contributed by atoms with van der Waals surface area (Å²) in [6, 6.07) is 13.0. The molecule has 0 aromatic heterocycles. The second-order valence-electron chi connectivity index (χ2n) is 5.40. The number of halogens is 2. The second-order valence-corrected chi connectivity index (χ2v) is 7.04. The third-order valence-corrected chi connectivity index (χ3v) is 6.31. The Bertz CT molecular complexity index is 718. The molecule has 2 heteroatoms. The molecule has 0 amide bonds. The third-order valence-electron chi connectivity index (χ3n) is 4.29. The average Bonchev–Trinajstić information content (AvgIpc) is 2.76. The molecule has 1 aliphatic rings. The number of rotatable bonds is 4. The number of fused-ring (bicyclic) bond motifs is 3. The van der Waals surface area contributed by atoms with Gasteiger partial charge in [-0.05, 0) is 73.0 Å². The minimum absolute atomic E-state index is 0.0714. The van der Waals surface area contributed by atoms with Crippen LogP contribution in [0, 0.1) is 0 Å². The van der Waals surface area contributed by atoms with Crippen molar-refractivity contribution in [1.82, 2.24) is 0 Å². The highest BCUT2D eigenvalue weighted by molar-refractivity contribution is 9.13. The molecule has 3 rings (SSSR count). The predicted octanol–water partition coefficient (Wildman–Crippen LogP) is 6.63. The lowest BCUT2D eigenvalue weighted by molar-refractivity contribution is 0.540. The van der Waals surface area contributed by atoms with E-state index in [0.717, 1.165) is 21.8 Å². The van der Waals surface area contributed by atoms with Crippen LogP contribution >= 0.6 is 31.9 Å². The van der Waals surface area contributed by atoms with Gasteiger partial charge in [-0.1, -0.05) is 42.5 Å². The number of hydrogen-bond acceptors (Lipinski definition) is 0. The molecule has 0 N–H and O–H groups in total. The van der Waals surface area contributed by atoms with Gasteiger partial charge in [-0.15, -0.1) is 13.2 Å². The maximum Gasteiger partial charge on any atom is 0.0364 e. The first-order valence-electron chi connectivity index (χ1n) is 6.96. The van der Waals surface area contributed by atoms with E-state index >= 15 is 0 Å². The molecule has 0 saturated carbocycles. The van der Waals surface area contributed by atoms with E-state index in [1.807, 2.05) is 12.2 Å². The molecule has 2 aromatic rings. The summed E-state index contributed by atoms with van der Waals surface area (Å²) in [5, 5.41) is 0. The predicted molar refractivity (Wildman–Crippen MR) is 97.7 cm³/mol. The highest BCUT2D eigenvalue weighted by Gasteiger charge is 2.42. The van der Waals surface area contributed by atoms with Crippen LogP contribution in [0.1, 0.15) is 24.0 Å². The van der Waals surface area contributed by atoms with Gasteiger partial charge in [0.05, 0.1) is 0 Å². The first-order chi connectivity index (χ1) is 10.2. The van der Waals surface area contributed by atoms with Crippen LogP contribution in [-0.4, -0.2) is 0 Å². The van der Waals surface area contributed by atoms with Crippen molar-refractivity contribution in [2.45, 2.75) is 18.3 Å². The molecule has 106 valence electrons. The van der Waals surface area contributed by atoms with E-state index < -0.39 is 0 Å². The topological polar surface area (TPSA) is 0 Å². The SMILES string of the molecule is C=CCC1(CC=C)c2ccccc2-c2ccc(Br)c(Br)c21. The van der Waals surface area contributed by atoms with Crippen molar-refractivity contribution in [1.29, 1.82) is 0 Å². The van der Waals surface area contributed by atoms with Crippen molar-refractivity contribution < 1.29 is 0 Å². The van der Waals surface area contributed by atoms with Crippen LogP contribution in [0.3, 0.4) is 0 Å². The van der Waals surface area contributed by atoms with Crippen molar-refractivity contribution in [3.8, 4) is 11.1 Å². The van der Waals surface area contributed by atoms with Crippen LogP contribution in [0.5, 0.6) is 0 Å². The molecule has 0 fully saturated rings. The van der Waals surface area contributed by atoms with Gasteiger partial charge in [0.15, 0.2) is 0 Å². The molecule has 0 aliphatic heterocycles. The molecule has 0 spiro atoms. The summed E-state index contributed by atoms with van der Waals surface area (Å²) < 4.78 is 2.23. The zero-order valence-electron chi connectivity index (χ0n) is 11.7. The van der Waals surface area contributed by atoms with E-state index in [9.17, 15) is 0 Å². The third kappa shape index (κ3) is 2.08. The lowest BCUT2D eigenvalue weighted by Gasteiger charge is -2.31. The van der Waals surface area contributed by atoms with Gasteiger partial charge in [0.2, 0.25) is 0 Å². The monoisotopic (exact) mass is 402 g/mol. The summed E-state index contributed by atoms with van der Waals surface area (Å²) in [5.74, 6) is 0. The lowest BCUT2D eigenvalue weighted by Crippen LogP contribution is -2.24. The van der Waals surface area contributed by atoms with Gasteiger partial charge in [0.25, 0.3) is 0 Å². The molecule has 0 nitrogen and oxygen atoms in total. The summed E-state index contributed by atoms with van der Waals surface area (Å²) in [5.41, 5.74) is 5.28. The molecular formula is C19H16Br2. The van der Waals surface area contributed by atoms with E-state index in [1.165, 1.54) is 22.3 Å². The Kier molecular flexibility index (Phi) is 3.94. The summed E-state index contributed by atoms with van der Waals surface area (Å²) in [4.78, 5) is 0.